The van der Waals surface area contributed by atoms with Crippen LogP contribution in [0.25, 0.3) is 11.1 Å². The maximum atomic E-state index is 13.5. The molecule has 37 heavy (non-hydrogen) atoms. The summed E-state index contributed by atoms with van der Waals surface area (Å²) in [6.45, 7) is 2.89. The summed E-state index contributed by atoms with van der Waals surface area (Å²) in [7, 11) is -3.42. The molecule has 0 N–H and O–H groups in total. The number of halogens is 2. The monoisotopic (exact) mass is 539 g/mol. The Balaban J connectivity index is 1.03. The molecule has 192 valence electrons. The van der Waals surface area contributed by atoms with E-state index < -0.39 is 9.84 Å². The van der Waals surface area contributed by atoms with Gasteiger partial charge in [0, 0.05) is 60.6 Å². The quantitative estimate of drug-likeness (QED) is 0.448. The molecule has 1 aromatic heterocycles. The average Bonchev–Trinajstić information content (AvgIpc) is 2.76. The Labute approximate surface area is 221 Å². The lowest BCUT2D eigenvalue weighted by molar-refractivity contribution is -0.0587. The number of pyridine rings is 1. The number of aromatic nitrogens is 1. The summed E-state index contributed by atoms with van der Waals surface area (Å²) in [5, 5.41) is 0.383. The van der Waals surface area contributed by atoms with E-state index in [2.05, 4.69) is 4.98 Å². The number of hydrogen-bond acceptors (Lipinski definition) is 4. The average molecular weight is 540 g/mol. The predicted octanol–water partition coefficient (Wildman–Crippen LogP) is 5.34. The SMILES string of the molecule is CS(=O)(=O)c1cc(Cl)ccc1-c1ccc(C2CN(C(=O)N3CC4(CC(c5cncc(F)c5)C4)C3)C2)cc1. The van der Waals surface area contributed by atoms with Crippen LogP contribution in [-0.2, 0) is 9.84 Å². The number of sulfone groups is 1. The Morgan fingerprint density at radius 3 is 2.32 bits per heavy atom. The molecule has 6 rings (SSSR count). The van der Waals surface area contributed by atoms with Gasteiger partial charge in [-0.2, -0.15) is 0 Å². The first-order valence-electron chi connectivity index (χ1n) is 12.3. The molecule has 1 saturated carbocycles. The van der Waals surface area contributed by atoms with Gasteiger partial charge >= 0.3 is 6.03 Å². The van der Waals surface area contributed by atoms with Crippen LogP contribution in [0.1, 0.15) is 35.8 Å². The molecular formula is C28H27ClFN3O3S. The van der Waals surface area contributed by atoms with E-state index in [0.29, 0.717) is 29.6 Å². The number of likely N-dealkylation sites (tertiary alicyclic amines) is 2. The summed E-state index contributed by atoms with van der Waals surface area (Å²) in [5.41, 5.74) is 3.71. The third-order valence-corrected chi connectivity index (χ3v) is 9.44. The van der Waals surface area contributed by atoms with Crippen LogP contribution in [-0.4, -0.2) is 61.7 Å². The normalized spacial score (nSPS) is 19.3. The molecular weight excluding hydrogens is 513 g/mol. The largest absolute Gasteiger partial charge is 0.323 e. The van der Waals surface area contributed by atoms with Crippen LogP contribution in [0.15, 0.2) is 65.8 Å². The third kappa shape index (κ3) is 4.50. The molecule has 0 atom stereocenters. The molecule has 0 bridgehead atoms. The molecule has 2 aliphatic heterocycles. The summed E-state index contributed by atoms with van der Waals surface area (Å²) in [5.74, 6) is 0.300. The molecule has 9 heteroatoms. The first kappa shape index (κ1) is 24.4. The minimum Gasteiger partial charge on any atom is -0.323 e. The van der Waals surface area contributed by atoms with Crippen molar-refractivity contribution in [2.75, 3.05) is 32.4 Å². The summed E-state index contributed by atoms with van der Waals surface area (Å²) in [6.07, 6.45) is 6.11. The highest BCUT2D eigenvalue weighted by atomic mass is 35.5. The second-order valence-corrected chi connectivity index (χ2v) is 13.2. The van der Waals surface area contributed by atoms with Gasteiger partial charge in [0.25, 0.3) is 0 Å². The number of carbonyl (C=O) groups excluding carboxylic acids is 1. The summed E-state index contributed by atoms with van der Waals surface area (Å²) in [4.78, 5) is 20.9. The molecule has 1 aliphatic carbocycles. The van der Waals surface area contributed by atoms with E-state index in [1.54, 1.807) is 24.4 Å². The van der Waals surface area contributed by atoms with E-state index in [9.17, 15) is 17.6 Å². The highest BCUT2D eigenvalue weighted by Gasteiger charge is 2.55. The van der Waals surface area contributed by atoms with Crippen molar-refractivity contribution in [3.63, 3.8) is 0 Å². The fourth-order valence-electron chi connectivity index (χ4n) is 6.05. The second kappa shape index (κ2) is 8.81. The van der Waals surface area contributed by atoms with Gasteiger partial charge in [0.05, 0.1) is 11.1 Å². The fraction of sp³-hybridized carbons (Fsp3) is 0.357. The first-order valence-corrected chi connectivity index (χ1v) is 14.6. The van der Waals surface area contributed by atoms with Crippen molar-refractivity contribution in [2.24, 2.45) is 5.41 Å². The minimum atomic E-state index is -3.42. The lowest BCUT2D eigenvalue weighted by Crippen LogP contribution is -2.67. The van der Waals surface area contributed by atoms with Gasteiger partial charge in [-0.15, -0.1) is 0 Å². The lowest BCUT2D eigenvalue weighted by Gasteiger charge is -2.60. The summed E-state index contributed by atoms with van der Waals surface area (Å²) in [6, 6.07) is 14.4. The van der Waals surface area contributed by atoms with Gasteiger partial charge in [0.2, 0.25) is 0 Å². The van der Waals surface area contributed by atoms with Crippen LogP contribution in [0.4, 0.5) is 9.18 Å². The molecule has 0 unspecified atom stereocenters. The van der Waals surface area contributed by atoms with E-state index in [1.807, 2.05) is 34.1 Å². The van der Waals surface area contributed by atoms with Gasteiger partial charge in [-0.25, -0.2) is 17.6 Å². The van der Waals surface area contributed by atoms with Crippen LogP contribution in [0.5, 0.6) is 0 Å². The number of carbonyl (C=O) groups is 1. The van der Waals surface area contributed by atoms with E-state index in [1.165, 1.54) is 18.5 Å². The Morgan fingerprint density at radius 2 is 1.68 bits per heavy atom. The molecule has 3 fully saturated rings. The Morgan fingerprint density at radius 1 is 0.973 bits per heavy atom. The molecule has 1 spiro atoms. The van der Waals surface area contributed by atoms with E-state index in [-0.39, 0.29) is 28.1 Å². The zero-order valence-electron chi connectivity index (χ0n) is 20.4. The number of amides is 2. The van der Waals surface area contributed by atoms with Crippen molar-refractivity contribution >= 4 is 27.5 Å². The molecule has 3 aromatic rings. The Kier molecular flexibility index (Phi) is 5.80. The number of urea groups is 1. The molecule has 3 heterocycles. The van der Waals surface area contributed by atoms with Crippen LogP contribution in [0, 0.1) is 11.2 Å². The molecule has 2 saturated heterocycles. The van der Waals surface area contributed by atoms with Crippen molar-refractivity contribution in [1.82, 2.24) is 14.8 Å². The zero-order valence-corrected chi connectivity index (χ0v) is 22.0. The highest BCUT2D eigenvalue weighted by molar-refractivity contribution is 7.90. The molecule has 0 radical (unpaired) electrons. The number of nitrogens with zero attached hydrogens (tertiary/aromatic N) is 3. The zero-order chi connectivity index (χ0) is 25.9. The van der Waals surface area contributed by atoms with Crippen molar-refractivity contribution in [2.45, 2.75) is 29.6 Å². The van der Waals surface area contributed by atoms with Crippen molar-refractivity contribution in [3.05, 3.63) is 82.9 Å². The maximum absolute atomic E-state index is 13.5. The van der Waals surface area contributed by atoms with Gasteiger partial charge < -0.3 is 9.80 Å². The molecule has 3 aliphatic rings. The topological polar surface area (TPSA) is 70.6 Å². The Hall–Kier alpha value is -2.97. The second-order valence-electron chi connectivity index (χ2n) is 10.8. The van der Waals surface area contributed by atoms with Crippen LogP contribution >= 0.6 is 11.6 Å². The molecule has 2 amide bonds. The van der Waals surface area contributed by atoms with E-state index in [0.717, 1.165) is 42.6 Å². The van der Waals surface area contributed by atoms with Crippen LogP contribution < -0.4 is 0 Å². The first-order chi connectivity index (χ1) is 17.6. The van der Waals surface area contributed by atoms with Gasteiger partial charge in [-0.3, -0.25) is 4.98 Å². The van der Waals surface area contributed by atoms with Crippen LogP contribution in [0.3, 0.4) is 0 Å². The lowest BCUT2D eigenvalue weighted by atomic mass is 9.56. The third-order valence-electron chi connectivity index (χ3n) is 8.07. The summed E-state index contributed by atoms with van der Waals surface area (Å²) >= 11 is 6.03. The standard InChI is InChI=1S/C28H27ClFN3O3S/c1-37(35,36)26-9-23(29)6-7-25(26)19-4-2-18(3-5-19)22-14-32(15-22)27(34)33-16-28(17-33)10-21(11-28)20-8-24(30)13-31-12-20/h2-9,12-13,21-22H,10-11,14-17H2,1H3. The Bertz CT molecular complexity index is 1470. The summed E-state index contributed by atoms with van der Waals surface area (Å²) < 4.78 is 37.9. The minimum absolute atomic E-state index is 0.0910. The van der Waals surface area contributed by atoms with Gasteiger partial charge in [-0.05, 0) is 53.6 Å². The van der Waals surface area contributed by atoms with Crippen LogP contribution in [0.2, 0.25) is 5.02 Å². The molecule has 2 aromatic carbocycles. The number of benzene rings is 2. The highest BCUT2D eigenvalue weighted by Crippen LogP contribution is 2.56. The van der Waals surface area contributed by atoms with Crippen molar-refractivity contribution in [3.8, 4) is 11.1 Å². The van der Waals surface area contributed by atoms with E-state index >= 15 is 0 Å². The fourth-order valence-corrected chi connectivity index (χ4v) is 7.21. The molecule has 6 nitrogen and oxygen atoms in total. The van der Waals surface area contributed by atoms with E-state index in [4.69, 9.17) is 11.6 Å². The number of hydrogen-bond donors (Lipinski definition) is 0. The van der Waals surface area contributed by atoms with Gasteiger partial charge in [-0.1, -0.05) is 41.9 Å². The smallest absolute Gasteiger partial charge is 0.320 e. The number of rotatable bonds is 4. The predicted molar refractivity (Wildman–Crippen MR) is 140 cm³/mol. The maximum Gasteiger partial charge on any atom is 0.320 e. The van der Waals surface area contributed by atoms with Crippen molar-refractivity contribution < 1.29 is 17.6 Å². The van der Waals surface area contributed by atoms with Crippen molar-refractivity contribution in [1.29, 1.82) is 0 Å². The van der Waals surface area contributed by atoms with Gasteiger partial charge in [0.15, 0.2) is 9.84 Å². The van der Waals surface area contributed by atoms with Gasteiger partial charge in [0.1, 0.15) is 5.82 Å².